The Morgan fingerprint density at radius 1 is 1.36 bits per heavy atom. The number of benzene rings is 1. The van der Waals surface area contributed by atoms with Gasteiger partial charge in [-0.05, 0) is 25.0 Å². The van der Waals surface area contributed by atoms with E-state index in [4.69, 9.17) is 10.5 Å². The van der Waals surface area contributed by atoms with Crippen molar-refractivity contribution in [3.63, 3.8) is 0 Å². The molecule has 0 bridgehead atoms. The van der Waals surface area contributed by atoms with Crippen LogP contribution in [0, 0.1) is 13.8 Å². The van der Waals surface area contributed by atoms with Crippen LogP contribution in [0.5, 0.6) is 5.75 Å². The highest BCUT2D eigenvalue weighted by atomic mass is 16.6. The van der Waals surface area contributed by atoms with Crippen LogP contribution in [0.1, 0.15) is 11.1 Å². The van der Waals surface area contributed by atoms with Crippen molar-refractivity contribution in [3.05, 3.63) is 23.3 Å². The molecular formula is C10H14N2O2. The van der Waals surface area contributed by atoms with E-state index in [9.17, 15) is 4.79 Å². The number of hydrogen-bond acceptors (Lipinski definition) is 3. The summed E-state index contributed by atoms with van der Waals surface area (Å²) in [4.78, 5) is 11.0. The van der Waals surface area contributed by atoms with Crippen molar-refractivity contribution < 1.29 is 9.53 Å². The number of nitrogens with two attached hydrogens (primary N) is 1. The van der Waals surface area contributed by atoms with Gasteiger partial charge in [-0.15, -0.1) is 0 Å². The molecule has 76 valence electrons. The van der Waals surface area contributed by atoms with Gasteiger partial charge in [-0.2, -0.15) is 0 Å². The number of carbonyl (C=O) groups excluding carboxylic acids is 1. The maximum absolute atomic E-state index is 11.0. The predicted molar refractivity (Wildman–Crippen MR) is 55.4 cm³/mol. The zero-order valence-electron chi connectivity index (χ0n) is 8.55. The van der Waals surface area contributed by atoms with Gasteiger partial charge < -0.3 is 15.8 Å². The molecule has 0 heterocycles. The van der Waals surface area contributed by atoms with Crippen molar-refractivity contribution in [3.8, 4) is 5.75 Å². The van der Waals surface area contributed by atoms with E-state index in [1.807, 2.05) is 19.9 Å². The Labute approximate surface area is 83.1 Å². The first-order valence-electron chi connectivity index (χ1n) is 4.31. The van der Waals surface area contributed by atoms with Gasteiger partial charge in [0.2, 0.25) is 0 Å². The van der Waals surface area contributed by atoms with Gasteiger partial charge >= 0.3 is 6.09 Å². The average molecular weight is 194 g/mol. The number of nitrogen functional groups attached to an aromatic ring is 1. The molecule has 0 radical (unpaired) electrons. The van der Waals surface area contributed by atoms with Crippen LogP contribution in [0.25, 0.3) is 0 Å². The third-order valence-electron chi connectivity index (χ3n) is 1.97. The van der Waals surface area contributed by atoms with Gasteiger partial charge in [0.05, 0.1) is 0 Å². The topological polar surface area (TPSA) is 64.3 Å². The Morgan fingerprint density at radius 2 is 2.00 bits per heavy atom. The van der Waals surface area contributed by atoms with Crippen LogP contribution in [0.4, 0.5) is 10.5 Å². The van der Waals surface area contributed by atoms with Crippen LogP contribution in [-0.2, 0) is 0 Å². The first kappa shape index (κ1) is 10.4. The minimum absolute atomic E-state index is 0.489. The van der Waals surface area contributed by atoms with Gasteiger partial charge in [0, 0.05) is 18.8 Å². The number of hydrogen-bond donors (Lipinski definition) is 2. The molecule has 0 aliphatic heterocycles. The molecule has 1 aromatic carbocycles. The molecule has 1 aromatic rings. The Bertz CT molecular complexity index is 361. The Balaban J connectivity index is 2.98. The van der Waals surface area contributed by atoms with E-state index in [0.29, 0.717) is 11.4 Å². The van der Waals surface area contributed by atoms with Crippen LogP contribution >= 0.6 is 0 Å². The first-order valence-corrected chi connectivity index (χ1v) is 4.31. The van der Waals surface area contributed by atoms with Gasteiger partial charge in [-0.1, -0.05) is 6.07 Å². The number of anilines is 1. The largest absolute Gasteiger partial charge is 0.412 e. The molecule has 4 nitrogen and oxygen atoms in total. The first-order chi connectivity index (χ1) is 6.54. The normalized spacial score (nSPS) is 9.64. The maximum atomic E-state index is 11.0. The molecule has 1 rings (SSSR count). The highest BCUT2D eigenvalue weighted by Crippen LogP contribution is 2.24. The molecule has 0 aliphatic rings. The molecule has 14 heavy (non-hydrogen) atoms. The number of aryl methyl sites for hydroxylation is 2. The molecule has 4 heteroatoms. The second-order valence-corrected chi connectivity index (χ2v) is 3.11. The number of ether oxygens (including phenoxy) is 1. The second kappa shape index (κ2) is 4.00. The lowest BCUT2D eigenvalue weighted by Gasteiger charge is -2.09. The van der Waals surface area contributed by atoms with E-state index in [-0.39, 0.29) is 0 Å². The van der Waals surface area contributed by atoms with Gasteiger partial charge in [0.15, 0.2) is 0 Å². The van der Waals surface area contributed by atoms with Crippen LogP contribution < -0.4 is 15.8 Å². The van der Waals surface area contributed by atoms with Crippen LogP contribution in [0.3, 0.4) is 0 Å². The lowest BCUT2D eigenvalue weighted by Crippen LogP contribution is -2.22. The highest BCUT2D eigenvalue weighted by Gasteiger charge is 2.06. The molecule has 0 atom stereocenters. The second-order valence-electron chi connectivity index (χ2n) is 3.11. The lowest BCUT2D eigenvalue weighted by molar-refractivity contribution is 0.202. The summed E-state index contributed by atoms with van der Waals surface area (Å²) in [5, 5.41) is 2.37. The minimum atomic E-state index is -0.489. The van der Waals surface area contributed by atoms with Crippen LogP contribution in [-0.4, -0.2) is 13.1 Å². The smallest absolute Gasteiger partial charge is 0.410 e. The van der Waals surface area contributed by atoms with Crippen LogP contribution in [0.2, 0.25) is 0 Å². The summed E-state index contributed by atoms with van der Waals surface area (Å²) in [6, 6.07) is 3.54. The summed E-state index contributed by atoms with van der Waals surface area (Å²) in [5.74, 6) is 0.493. The maximum Gasteiger partial charge on any atom is 0.412 e. The summed E-state index contributed by atoms with van der Waals surface area (Å²) in [7, 11) is 1.51. The van der Waals surface area contributed by atoms with E-state index in [1.165, 1.54) is 7.05 Å². The number of carbonyl (C=O) groups is 1. The Hall–Kier alpha value is -1.71. The van der Waals surface area contributed by atoms with Crippen molar-refractivity contribution in [1.29, 1.82) is 0 Å². The molecule has 1 amide bonds. The Morgan fingerprint density at radius 3 is 2.57 bits per heavy atom. The summed E-state index contributed by atoms with van der Waals surface area (Å²) in [6.07, 6.45) is -0.489. The SMILES string of the molecule is CNC(=O)Oc1cc(N)c(C)cc1C. The lowest BCUT2D eigenvalue weighted by atomic mass is 10.1. The molecule has 0 saturated heterocycles. The van der Waals surface area contributed by atoms with Crippen molar-refractivity contribution >= 4 is 11.8 Å². The van der Waals surface area contributed by atoms with E-state index in [0.717, 1.165) is 11.1 Å². The fourth-order valence-electron chi connectivity index (χ4n) is 1.11. The summed E-state index contributed by atoms with van der Waals surface area (Å²) in [5.41, 5.74) is 8.18. The van der Waals surface area contributed by atoms with Gasteiger partial charge in [-0.3, -0.25) is 0 Å². The average Bonchev–Trinajstić information content (AvgIpc) is 2.14. The summed E-state index contributed by atoms with van der Waals surface area (Å²) in [6.45, 7) is 3.77. The van der Waals surface area contributed by atoms with Crippen LogP contribution in [0.15, 0.2) is 12.1 Å². The zero-order chi connectivity index (χ0) is 10.7. The van der Waals surface area contributed by atoms with Gasteiger partial charge in [0.1, 0.15) is 5.75 Å². The van der Waals surface area contributed by atoms with E-state index in [1.54, 1.807) is 6.07 Å². The molecule has 0 aliphatic carbocycles. The number of amides is 1. The summed E-state index contributed by atoms with van der Waals surface area (Å²) >= 11 is 0. The van der Waals surface area contributed by atoms with Crippen molar-refractivity contribution in [2.24, 2.45) is 0 Å². The van der Waals surface area contributed by atoms with Crippen molar-refractivity contribution in [1.82, 2.24) is 5.32 Å². The molecule has 0 saturated carbocycles. The predicted octanol–water partition coefficient (Wildman–Crippen LogP) is 1.60. The van der Waals surface area contributed by atoms with Gasteiger partial charge in [-0.25, -0.2) is 4.79 Å². The summed E-state index contributed by atoms with van der Waals surface area (Å²) < 4.78 is 5.00. The van der Waals surface area contributed by atoms with E-state index < -0.39 is 6.09 Å². The zero-order valence-corrected chi connectivity index (χ0v) is 8.55. The monoisotopic (exact) mass is 194 g/mol. The third-order valence-corrected chi connectivity index (χ3v) is 1.97. The van der Waals surface area contributed by atoms with E-state index in [2.05, 4.69) is 5.32 Å². The molecule has 0 unspecified atom stereocenters. The van der Waals surface area contributed by atoms with Crippen molar-refractivity contribution in [2.75, 3.05) is 12.8 Å². The molecule has 0 fully saturated rings. The fourth-order valence-corrected chi connectivity index (χ4v) is 1.11. The number of nitrogens with one attached hydrogen (secondary N) is 1. The van der Waals surface area contributed by atoms with Gasteiger partial charge in [0.25, 0.3) is 0 Å². The molecular weight excluding hydrogens is 180 g/mol. The minimum Gasteiger partial charge on any atom is -0.410 e. The van der Waals surface area contributed by atoms with E-state index >= 15 is 0 Å². The number of rotatable bonds is 1. The molecule has 0 spiro atoms. The Kier molecular flexibility index (Phi) is 2.96. The van der Waals surface area contributed by atoms with Crippen molar-refractivity contribution in [2.45, 2.75) is 13.8 Å². The highest BCUT2D eigenvalue weighted by molar-refractivity contribution is 5.71. The molecule has 0 aromatic heterocycles. The third kappa shape index (κ3) is 2.16. The fraction of sp³-hybridized carbons (Fsp3) is 0.300. The standard InChI is InChI=1S/C10H14N2O2/c1-6-4-7(2)9(5-8(6)11)14-10(13)12-3/h4-5H,11H2,1-3H3,(H,12,13). The quantitative estimate of drug-likeness (QED) is 0.667. The molecule has 3 N–H and O–H groups in total.